The molecule has 0 spiro atoms. The van der Waals surface area contributed by atoms with E-state index in [1.165, 1.54) is 25.7 Å². The van der Waals surface area contributed by atoms with Gasteiger partial charge in [0.25, 0.3) is 0 Å². The highest BCUT2D eigenvalue weighted by Gasteiger charge is 2.52. The number of para-hydroxylation sites is 1. The Bertz CT molecular complexity index is 506. The number of rotatable bonds is 2. The van der Waals surface area contributed by atoms with E-state index in [1.807, 2.05) is 31.2 Å². The van der Waals surface area contributed by atoms with Gasteiger partial charge < -0.3 is 5.32 Å². The molecule has 19 heavy (non-hydrogen) atoms. The number of fused-ring (bicyclic) bond motifs is 1. The quantitative estimate of drug-likeness (QED) is 0.797. The second-order valence-electron chi connectivity index (χ2n) is 5.78. The van der Waals surface area contributed by atoms with Gasteiger partial charge in [0.2, 0.25) is 5.91 Å². The molecule has 0 radical (unpaired) electrons. The van der Waals surface area contributed by atoms with Crippen LogP contribution in [0.3, 0.4) is 0 Å². The van der Waals surface area contributed by atoms with Crippen LogP contribution in [-0.2, 0) is 4.79 Å². The Morgan fingerprint density at radius 2 is 2.11 bits per heavy atom. The Kier molecular flexibility index (Phi) is 3.41. The Balaban J connectivity index is 1.67. The lowest BCUT2D eigenvalue weighted by Gasteiger charge is -2.07. The number of nitrogens with one attached hydrogen (secondary N) is 1. The molecule has 2 nitrogen and oxygen atoms in total. The maximum atomic E-state index is 12.4. The van der Waals surface area contributed by atoms with Gasteiger partial charge in [-0.1, -0.05) is 36.8 Å². The lowest BCUT2D eigenvalue weighted by Crippen LogP contribution is -2.16. The molecule has 1 amide bonds. The van der Waals surface area contributed by atoms with E-state index < -0.39 is 0 Å². The van der Waals surface area contributed by atoms with E-state index in [0.717, 1.165) is 11.3 Å². The molecule has 1 N–H and O–H groups in total. The highest BCUT2D eigenvalue weighted by molar-refractivity contribution is 5.95. The standard InChI is InChI=1S/C17H21NO/c1-12-8-6-7-11-15(12)18-17(19)16-13-9-4-2-3-5-10-14(13)16/h4,6-9,11,13-14,16H,2-3,5,10H2,1H3,(H,18,19)/t13-,14+,16-/m1/s1. The van der Waals surface area contributed by atoms with Crippen molar-refractivity contribution in [2.75, 3.05) is 5.32 Å². The maximum absolute atomic E-state index is 12.4. The molecular formula is C17H21NO. The number of anilines is 1. The minimum Gasteiger partial charge on any atom is -0.326 e. The fourth-order valence-electron chi connectivity index (χ4n) is 3.23. The number of amides is 1. The molecule has 1 aromatic carbocycles. The molecule has 1 fully saturated rings. The molecule has 2 aliphatic rings. The third-order valence-electron chi connectivity index (χ3n) is 4.45. The molecular weight excluding hydrogens is 234 g/mol. The summed E-state index contributed by atoms with van der Waals surface area (Å²) in [5, 5.41) is 3.10. The van der Waals surface area contributed by atoms with Gasteiger partial charge in [0, 0.05) is 11.6 Å². The molecule has 0 unspecified atom stereocenters. The number of carbonyl (C=O) groups excluding carboxylic acids is 1. The Morgan fingerprint density at radius 3 is 2.95 bits per heavy atom. The molecule has 100 valence electrons. The summed E-state index contributed by atoms with van der Waals surface area (Å²) in [7, 11) is 0. The van der Waals surface area contributed by atoms with Crippen LogP contribution in [0.25, 0.3) is 0 Å². The van der Waals surface area contributed by atoms with E-state index in [0.29, 0.717) is 11.8 Å². The summed E-state index contributed by atoms with van der Waals surface area (Å²) in [5.74, 6) is 1.48. The van der Waals surface area contributed by atoms with Crippen LogP contribution in [-0.4, -0.2) is 5.91 Å². The number of hydrogen-bond donors (Lipinski definition) is 1. The lowest BCUT2D eigenvalue weighted by molar-refractivity contribution is -0.117. The van der Waals surface area contributed by atoms with Gasteiger partial charge in [-0.05, 0) is 49.7 Å². The van der Waals surface area contributed by atoms with Gasteiger partial charge in [-0.2, -0.15) is 0 Å². The van der Waals surface area contributed by atoms with Crippen molar-refractivity contribution in [3.05, 3.63) is 42.0 Å². The summed E-state index contributed by atoms with van der Waals surface area (Å²) in [4.78, 5) is 12.4. The van der Waals surface area contributed by atoms with Crippen LogP contribution in [0.15, 0.2) is 36.4 Å². The van der Waals surface area contributed by atoms with E-state index >= 15 is 0 Å². The normalized spacial score (nSPS) is 29.0. The van der Waals surface area contributed by atoms with Crippen molar-refractivity contribution >= 4 is 11.6 Å². The fraction of sp³-hybridized carbons (Fsp3) is 0.471. The Hall–Kier alpha value is -1.57. The molecule has 0 bridgehead atoms. The van der Waals surface area contributed by atoms with E-state index in [2.05, 4.69) is 17.5 Å². The Labute approximate surface area is 114 Å². The van der Waals surface area contributed by atoms with E-state index in [1.54, 1.807) is 0 Å². The molecule has 1 aromatic rings. The summed E-state index contributed by atoms with van der Waals surface area (Å²) < 4.78 is 0. The predicted molar refractivity (Wildman–Crippen MR) is 77.9 cm³/mol. The van der Waals surface area contributed by atoms with Crippen molar-refractivity contribution < 1.29 is 4.79 Å². The van der Waals surface area contributed by atoms with E-state index in [9.17, 15) is 4.79 Å². The first-order valence-corrected chi connectivity index (χ1v) is 7.30. The third kappa shape index (κ3) is 2.58. The number of carbonyl (C=O) groups is 1. The van der Waals surface area contributed by atoms with Gasteiger partial charge in [0.15, 0.2) is 0 Å². The summed E-state index contributed by atoms with van der Waals surface area (Å²) in [6.07, 6.45) is 9.45. The molecule has 0 saturated heterocycles. The van der Waals surface area contributed by atoms with Gasteiger partial charge >= 0.3 is 0 Å². The molecule has 0 aromatic heterocycles. The van der Waals surface area contributed by atoms with Crippen LogP contribution in [0.5, 0.6) is 0 Å². The van der Waals surface area contributed by atoms with Crippen LogP contribution in [0, 0.1) is 24.7 Å². The summed E-state index contributed by atoms with van der Waals surface area (Å²) in [5.41, 5.74) is 2.08. The highest BCUT2D eigenvalue weighted by atomic mass is 16.2. The van der Waals surface area contributed by atoms with E-state index in [-0.39, 0.29) is 11.8 Å². The number of aryl methyl sites for hydroxylation is 1. The second kappa shape index (κ2) is 5.20. The first-order valence-electron chi connectivity index (χ1n) is 7.30. The average Bonchev–Trinajstić information content (AvgIpc) is 3.03. The van der Waals surface area contributed by atoms with Crippen LogP contribution < -0.4 is 5.32 Å². The smallest absolute Gasteiger partial charge is 0.228 e. The van der Waals surface area contributed by atoms with Gasteiger partial charge in [-0.3, -0.25) is 4.79 Å². The van der Waals surface area contributed by atoms with Crippen LogP contribution in [0.4, 0.5) is 5.69 Å². The summed E-state index contributed by atoms with van der Waals surface area (Å²) >= 11 is 0. The first kappa shape index (κ1) is 12.5. The van der Waals surface area contributed by atoms with Gasteiger partial charge in [-0.25, -0.2) is 0 Å². The van der Waals surface area contributed by atoms with Gasteiger partial charge in [-0.15, -0.1) is 0 Å². The van der Waals surface area contributed by atoms with Crippen LogP contribution in [0.1, 0.15) is 31.2 Å². The molecule has 2 aliphatic carbocycles. The van der Waals surface area contributed by atoms with Crippen molar-refractivity contribution in [1.29, 1.82) is 0 Å². The van der Waals surface area contributed by atoms with Crippen molar-refractivity contribution in [3.8, 4) is 0 Å². The topological polar surface area (TPSA) is 29.1 Å². The van der Waals surface area contributed by atoms with Crippen LogP contribution in [0.2, 0.25) is 0 Å². The summed E-state index contributed by atoms with van der Waals surface area (Å²) in [6.45, 7) is 2.03. The van der Waals surface area contributed by atoms with E-state index in [4.69, 9.17) is 0 Å². The number of benzene rings is 1. The molecule has 0 aliphatic heterocycles. The van der Waals surface area contributed by atoms with Gasteiger partial charge in [0.1, 0.15) is 0 Å². The SMILES string of the molecule is Cc1ccccc1NC(=O)[C@@H]1[C@@H]2C=CCCCC[C@@H]21. The summed E-state index contributed by atoms with van der Waals surface area (Å²) in [6, 6.07) is 7.98. The molecule has 1 saturated carbocycles. The molecule has 3 rings (SSSR count). The van der Waals surface area contributed by atoms with Crippen molar-refractivity contribution in [1.82, 2.24) is 0 Å². The van der Waals surface area contributed by atoms with Crippen molar-refractivity contribution in [2.45, 2.75) is 32.6 Å². The highest BCUT2D eigenvalue weighted by Crippen LogP contribution is 2.51. The largest absolute Gasteiger partial charge is 0.326 e. The Morgan fingerprint density at radius 1 is 1.26 bits per heavy atom. The number of allylic oxidation sites excluding steroid dienone is 2. The predicted octanol–water partition coefficient (Wildman–Crippen LogP) is 3.93. The molecule has 2 heteroatoms. The zero-order valence-electron chi connectivity index (χ0n) is 11.4. The lowest BCUT2D eigenvalue weighted by atomic mass is 10.1. The van der Waals surface area contributed by atoms with Crippen LogP contribution >= 0.6 is 0 Å². The fourth-order valence-corrected chi connectivity index (χ4v) is 3.23. The van der Waals surface area contributed by atoms with Crippen molar-refractivity contribution in [3.63, 3.8) is 0 Å². The minimum atomic E-state index is 0.203. The first-order chi connectivity index (χ1) is 9.27. The zero-order valence-corrected chi connectivity index (χ0v) is 11.4. The van der Waals surface area contributed by atoms with Crippen molar-refractivity contribution in [2.24, 2.45) is 17.8 Å². The minimum absolute atomic E-state index is 0.203. The second-order valence-corrected chi connectivity index (χ2v) is 5.78. The molecule has 0 heterocycles. The number of hydrogen-bond acceptors (Lipinski definition) is 1. The third-order valence-corrected chi connectivity index (χ3v) is 4.45. The zero-order chi connectivity index (χ0) is 13.2. The maximum Gasteiger partial charge on any atom is 0.228 e. The molecule has 3 atom stereocenters. The average molecular weight is 255 g/mol. The monoisotopic (exact) mass is 255 g/mol. The van der Waals surface area contributed by atoms with Gasteiger partial charge in [0.05, 0.1) is 0 Å².